The summed E-state index contributed by atoms with van der Waals surface area (Å²) in [6.45, 7) is 10.1. The first-order valence-electron chi connectivity index (χ1n) is 6.27. The number of thioether (sulfide) groups is 1. The number of ether oxygens (including phenoxy) is 1. The standard InChI is InChI=1S/C13H27NO2S/c1-7-10(2)11(14-6)8-17-9-12(15)16-13(3,4)5/h10-11,14H,7-9H2,1-6H3. The molecule has 0 saturated heterocycles. The summed E-state index contributed by atoms with van der Waals surface area (Å²) in [5, 5.41) is 3.30. The Bertz CT molecular complexity index is 226. The molecule has 3 nitrogen and oxygen atoms in total. The maximum atomic E-state index is 11.5. The van der Waals surface area contributed by atoms with Crippen molar-refractivity contribution in [3.63, 3.8) is 0 Å². The van der Waals surface area contributed by atoms with Crippen molar-refractivity contribution in [2.24, 2.45) is 5.92 Å². The summed E-state index contributed by atoms with van der Waals surface area (Å²) in [5.41, 5.74) is -0.378. The topological polar surface area (TPSA) is 38.3 Å². The molecule has 0 aromatic heterocycles. The number of rotatable bonds is 7. The van der Waals surface area contributed by atoms with Crippen LogP contribution in [0.25, 0.3) is 0 Å². The Labute approximate surface area is 110 Å². The first kappa shape index (κ1) is 16.8. The second kappa shape index (κ2) is 7.98. The fraction of sp³-hybridized carbons (Fsp3) is 0.923. The van der Waals surface area contributed by atoms with Crippen molar-refractivity contribution >= 4 is 17.7 Å². The zero-order valence-corrected chi connectivity index (χ0v) is 12.8. The van der Waals surface area contributed by atoms with Crippen molar-refractivity contribution in [2.75, 3.05) is 18.6 Å². The number of carbonyl (C=O) groups excluding carboxylic acids is 1. The van der Waals surface area contributed by atoms with Crippen LogP contribution in [0.4, 0.5) is 0 Å². The lowest BCUT2D eigenvalue weighted by Crippen LogP contribution is -2.34. The number of hydrogen-bond acceptors (Lipinski definition) is 4. The highest BCUT2D eigenvalue weighted by atomic mass is 32.2. The minimum atomic E-state index is -0.378. The molecule has 0 amide bonds. The van der Waals surface area contributed by atoms with Crippen molar-refractivity contribution < 1.29 is 9.53 Å². The van der Waals surface area contributed by atoms with Gasteiger partial charge in [-0.2, -0.15) is 0 Å². The Kier molecular flexibility index (Phi) is 7.88. The van der Waals surface area contributed by atoms with Crippen LogP contribution in [-0.2, 0) is 9.53 Å². The van der Waals surface area contributed by atoms with E-state index in [0.717, 1.165) is 12.2 Å². The van der Waals surface area contributed by atoms with E-state index < -0.39 is 0 Å². The van der Waals surface area contributed by atoms with Crippen LogP contribution in [0.1, 0.15) is 41.0 Å². The molecule has 0 rings (SSSR count). The van der Waals surface area contributed by atoms with E-state index in [2.05, 4.69) is 19.2 Å². The van der Waals surface area contributed by atoms with Gasteiger partial charge < -0.3 is 10.1 Å². The van der Waals surface area contributed by atoms with E-state index in [9.17, 15) is 4.79 Å². The molecule has 0 spiro atoms. The Hall–Kier alpha value is -0.220. The molecule has 0 aromatic rings. The van der Waals surface area contributed by atoms with E-state index in [1.54, 1.807) is 11.8 Å². The predicted molar refractivity (Wildman–Crippen MR) is 75.5 cm³/mol. The van der Waals surface area contributed by atoms with Gasteiger partial charge in [-0.25, -0.2) is 0 Å². The van der Waals surface area contributed by atoms with Crippen LogP contribution in [0.2, 0.25) is 0 Å². The molecule has 0 fully saturated rings. The molecular weight excluding hydrogens is 234 g/mol. The van der Waals surface area contributed by atoms with E-state index >= 15 is 0 Å². The molecular formula is C13H27NO2S. The van der Waals surface area contributed by atoms with E-state index in [1.165, 1.54) is 0 Å². The molecule has 102 valence electrons. The molecule has 0 aliphatic carbocycles. The minimum Gasteiger partial charge on any atom is -0.459 e. The highest BCUT2D eigenvalue weighted by Crippen LogP contribution is 2.15. The zero-order chi connectivity index (χ0) is 13.5. The van der Waals surface area contributed by atoms with Gasteiger partial charge in [0.15, 0.2) is 0 Å². The molecule has 17 heavy (non-hydrogen) atoms. The Morgan fingerprint density at radius 2 is 2.00 bits per heavy atom. The van der Waals surface area contributed by atoms with Crippen LogP contribution in [0, 0.1) is 5.92 Å². The Morgan fingerprint density at radius 1 is 1.41 bits per heavy atom. The Balaban J connectivity index is 3.85. The largest absolute Gasteiger partial charge is 0.459 e. The van der Waals surface area contributed by atoms with Crippen LogP contribution in [0.3, 0.4) is 0 Å². The highest BCUT2D eigenvalue weighted by molar-refractivity contribution is 7.99. The highest BCUT2D eigenvalue weighted by Gasteiger charge is 2.18. The molecule has 0 aliphatic heterocycles. The average molecular weight is 261 g/mol. The van der Waals surface area contributed by atoms with Crippen LogP contribution < -0.4 is 5.32 Å². The molecule has 0 radical (unpaired) electrons. The van der Waals surface area contributed by atoms with Gasteiger partial charge in [-0.15, -0.1) is 11.8 Å². The number of hydrogen-bond donors (Lipinski definition) is 1. The second-order valence-corrected chi connectivity index (χ2v) is 6.41. The van der Waals surface area contributed by atoms with Gasteiger partial charge in [-0.05, 0) is 33.7 Å². The maximum Gasteiger partial charge on any atom is 0.316 e. The minimum absolute atomic E-state index is 0.124. The number of nitrogens with one attached hydrogen (secondary N) is 1. The normalized spacial score (nSPS) is 15.4. The Morgan fingerprint density at radius 3 is 2.41 bits per heavy atom. The van der Waals surface area contributed by atoms with Gasteiger partial charge in [-0.3, -0.25) is 4.79 Å². The van der Waals surface area contributed by atoms with Gasteiger partial charge in [0.25, 0.3) is 0 Å². The second-order valence-electron chi connectivity index (χ2n) is 5.38. The lowest BCUT2D eigenvalue weighted by atomic mass is 10.0. The summed E-state index contributed by atoms with van der Waals surface area (Å²) in [7, 11) is 1.98. The van der Waals surface area contributed by atoms with Crippen molar-refractivity contribution in [3.8, 4) is 0 Å². The number of carbonyl (C=O) groups is 1. The molecule has 0 aliphatic rings. The molecule has 0 heterocycles. The van der Waals surface area contributed by atoms with E-state index in [-0.39, 0.29) is 11.6 Å². The van der Waals surface area contributed by atoms with Gasteiger partial charge in [-0.1, -0.05) is 20.3 Å². The summed E-state index contributed by atoms with van der Waals surface area (Å²) in [4.78, 5) is 11.5. The van der Waals surface area contributed by atoms with Gasteiger partial charge in [0, 0.05) is 11.8 Å². The van der Waals surface area contributed by atoms with E-state index in [0.29, 0.717) is 17.7 Å². The van der Waals surface area contributed by atoms with Crippen molar-refractivity contribution in [1.82, 2.24) is 5.32 Å². The SMILES string of the molecule is CCC(C)C(CSCC(=O)OC(C)(C)C)NC. The van der Waals surface area contributed by atoms with Gasteiger partial charge in [0.1, 0.15) is 5.60 Å². The first-order valence-corrected chi connectivity index (χ1v) is 7.42. The maximum absolute atomic E-state index is 11.5. The molecule has 1 N–H and O–H groups in total. The van der Waals surface area contributed by atoms with Crippen molar-refractivity contribution in [2.45, 2.75) is 52.7 Å². The zero-order valence-electron chi connectivity index (χ0n) is 12.0. The summed E-state index contributed by atoms with van der Waals surface area (Å²) in [6.07, 6.45) is 1.15. The van der Waals surface area contributed by atoms with Gasteiger partial charge in [0.05, 0.1) is 5.75 Å². The quantitative estimate of drug-likeness (QED) is 0.715. The monoisotopic (exact) mass is 261 g/mol. The van der Waals surface area contributed by atoms with Crippen molar-refractivity contribution in [3.05, 3.63) is 0 Å². The third kappa shape index (κ3) is 8.50. The molecule has 2 atom stereocenters. The average Bonchev–Trinajstić information content (AvgIpc) is 2.21. The smallest absolute Gasteiger partial charge is 0.316 e. The molecule has 0 saturated carbocycles. The number of esters is 1. The molecule has 4 heteroatoms. The lowest BCUT2D eigenvalue weighted by Gasteiger charge is -2.23. The molecule has 0 aromatic carbocycles. The third-order valence-corrected chi connectivity index (χ3v) is 3.67. The fourth-order valence-corrected chi connectivity index (χ4v) is 2.55. The summed E-state index contributed by atoms with van der Waals surface area (Å²) in [5.74, 6) is 1.89. The predicted octanol–water partition coefficient (Wildman–Crippen LogP) is 2.70. The van der Waals surface area contributed by atoms with Crippen molar-refractivity contribution in [1.29, 1.82) is 0 Å². The molecule has 0 bridgehead atoms. The summed E-state index contributed by atoms with van der Waals surface area (Å²) < 4.78 is 5.26. The van der Waals surface area contributed by atoms with Crippen LogP contribution in [-0.4, -0.2) is 36.2 Å². The van der Waals surface area contributed by atoms with Gasteiger partial charge in [0.2, 0.25) is 0 Å². The van der Waals surface area contributed by atoms with Crippen LogP contribution in [0.5, 0.6) is 0 Å². The third-order valence-electron chi connectivity index (χ3n) is 2.64. The van der Waals surface area contributed by atoms with Crippen LogP contribution in [0.15, 0.2) is 0 Å². The summed E-state index contributed by atoms with van der Waals surface area (Å²) >= 11 is 1.64. The van der Waals surface area contributed by atoms with Crippen LogP contribution >= 0.6 is 11.8 Å². The molecule has 2 unspecified atom stereocenters. The fourth-order valence-electron chi connectivity index (χ4n) is 1.46. The van der Waals surface area contributed by atoms with Gasteiger partial charge >= 0.3 is 5.97 Å². The first-order chi connectivity index (χ1) is 7.80. The lowest BCUT2D eigenvalue weighted by molar-refractivity contribution is -0.151. The van der Waals surface area contributed by atoms with E-state index in [4.69, 9.17) is 4.74 Å². The van der Waals surface area contributed by atoms with E-state index in [1.807, 2.05) is 27.8 Å². The summed E-state index contributed by atoms with van der Waals surface area (Å²) in [6, 6.07) is 0.465.